The van der Waals surface area contributed by atoms with Crippen molar-refractivity contribution in [2.45, 2.75) is 6.92 Å². The van der Waals surface area contributed by atoms with Gasteiger partial charge in [0.25, 0.3) is 0 Å². The third-order valence-corrected chi connectivity index (χ3v) is 3.66. The molecule has 2 aromatic heterocycles. The summed E-state index contributed by atoms with van der Waals surface area (Å²) in [6, 6.07) is 7.75. The fraction of sp³-hybridized carbons (Fsp3) is 0.235. The van der Waals surface area contributed by atoms with Crippen LogP contribution in [-0.2, 0) is 16.6 Å². The van der Waals surface area contributed by atoms with Crippen LogP contribution in [0.1, 0.15) is 5.56 Å². The van der Waals surface area contributed by atoms with E-state index in [4.69, 9.17) is 9.72 Å². The first-order chi connectivity index (χ1) is 11.1. The SMILES string of the molecule is COCC(=O)Nc1ccc2c(C)cc(-c3cncn3C)nc2c1. The average Bonchev–Trinajstić information content (AvgIpc) is 2.93. The Hall–Kier alpha value is -2.73. The van der Waals surface area contributed by atoms with Crippen molar-refractivity contribution >= 4 is 22.5 Å². The Morgan fingerprint density at radius 3 is 2.87 bits per heavy atom. The largest absolute Gasteiger partial charge is 0.375 e. The summed E-state index contributed by atoms with van der Waals surface area (Å²) in [4.78, 5) is 20.5. The minimum atomic E-state index is -0.189. The summed E-state index contributed by atoms with van der Waals surface area (Å²) in [6.45, 7) is 2.08. The second-order valence-electron chi connectivity index (χ2n) is 5.43. The zero-order valence-electron chi connectivity index (χ0n) is 13.3. The molecule has 1 amide bonds. The van der Waals surface area contributed by atoms with E-state index in [1.54, 1.807) is 12.5 Å². The summed E-state index contributed by atoms with van der Waals surface area (Å²) >= 11 is 0. The molecule has 0 aliphatic rings. The van der Waals surface area contributed by atoms with Gasteiger partial charge in [0, 0.05) is 25.2 Å². The van der Waals surface area contributed by atoms with Gasteiger partial charge in [-0.1, -0.05) is 6.07 Å². The third-order valence-electron chi connectivity index (χ3n) is 3.66. The molecule has 6 nitrogen and oxygen atoms in total. The van der Waals surface area contributed by atoms with Crippen molar-refractivity contribution in [2.75, 3.05) is 19.0 Å². The molecule has 0 atom stereocenters. The number of rotatable bonds is 4. The first-order valence-electron chi connectivity index (χ1n) is 7.25. The number of amides is 1. The van der Waals surface area contributed by atoms with Crippen LogP contribution in [0.2, 0.25) is 0 Å². The van der Waals surface area contributed by atoms with E-state index in [0.29, 0.717) is 5.69 Å². The predicted octanol–water partition coefficient (Wildman–Crippen LogP) is 2.53. The number of benzene rings is 1. The summed E-state index contributed by atoms with van der Waals surface area (Å²) < 4.78 is 6.75. The average molecular weight is 310 g/mol. The number of aryl methyl sites for hydroxylation is 2. The molecule has 3 rings (SSSR count). The Balaban J connectivity index is 2.03. The van der Waals surface area contributed by atoms with Gasteiger partial charge in [0.1, 0.15) is 6.61 Å². The Morgan fingerprint density at radius 2 is 2.17 bits per heavy atom. The van der Waals surface area contributed by atoms with Crippen LogP contribution in [0.4, 0.5) is 5.69 Å². The van der Waals surface area contributed by atoms with Crippen molar-refractivity contribution in [3.05, 3.63) is 42.4 Å². The van der Waals surface area contributed by atoms with Crippen molar-refractivity contribution in [3.8, 4) is 11.4 Å². The van der Waals surface area contributed by atoms with Crippen molar-refractivity contribution in [3.63, 3.8) is 0 Å². The molecule has 1 N–H and O–H groups in total. The smallest absolute Gasteiger partial charge is 0.250 e. The lowest BCUT2D eigenvalue weighted by atomic mass is 10.1. The number of nitrogens with one attached hydrogen (secondary N) is 1. The number of pyridine rings is 1. The van der Waals surface area contributed by atoms with E-state index < -0.39 is 0 Å². The molecular formula is C17H18N4O2. The summed E-state index contributed by atoms with van der Waals surface area (Å²) in [5.41, 5.74) is 4.46. The minimum absolute atomic E-state index is 0.0273. The van der Waals surface area contributed by atoms with E-state index in [0.717, 1.165) is 27.9 Å². The highest BCUT2D eigenvalue weighted by Gasteiger charge is 2.09. The summed E-state index contributed by atoms with van der Waals surface area (Å²) in [7, 11) is 3.43. The molecule has 1 aromatic carbocycles. The van der Waals surface area contributed by atoms with Crippen LogP contribution >= 0.6 is 0 Å². The molecule has 3 aromatic rings. The molecule has 0 radical (unpaired) electrons. The molecule has 0 saturated carbocycles. The maximum absolute atomic E-state index is 11.6. The monoisotopic (exact) mass is 310 g/mol. The van der Waals surface area contributed by atoms with Crippen molar-refractivity contribution < 1.29 is 9.53 Å². The van der Waals surface area contributed by atoms with Gasteiger partial charge < -0.3 is 14.6 Å². The van der Waals surface area contributed by atoms with Crippen LogP contribution < -0.4 is 5.32 Å². The topological polar surface area (TPSA) is 69.0 Å². The van der Waals surface area contributed by atoms with E-state index in [2.05, 4.69) is 10.3 Å². The molecule has 0 fully saturated rings. The number of hydrogen-bond acceptors (Lipinski definition) is 4. The number of methoxy groups -OCH3 is 1. The van der Waals surface area contributed by atoms with Gasteiger partial charge >= 0.3 is 0 Å². The van der Waals surface area contributed by atoms with E-state index >= 15 is 0 Å². The zero-order valence-corrected chi connectivity index (χ0v) is 13.3. The van der Waals surface area contributed by atoms with Gasteiger partial charge in [-0.3, -0.25) is 4.79 Å². The molecule has 23 heavy (non-hydrogen) atoms. The van der Waals surface area contributed by atoms with Crippen molar-refractivity contribution in [2.24, 2.45) is 7.05 Å². The normalized spacial score (nSPS) is 10.9. The van der Waals surface area contributed by atoms with Crippen LogP contribution in [0, 0.1) is 6.92 Å². The number of fused-ring (bicyclic) bond motifs is 1. The Bertz CT molecular complexity index is 870. The molecule has 0 aliphatic heterocycles. The van der Waals surface area contributed by atoms with Crippen LogP contribution in [0.3, 0.4) is 0 Å². The van der Waals surface area contributed by atoms with Gasteiger partial charge in [-0.25, -0.2) is 9.97 Å². The van der Waals surface area contributed by atoms with Crippen LogP contribution in [0.15, 0.2) is 36.8 Å². The molecule has 0 unspecified atom stereocenters. The highest BCUT2D eigenvalue weighted by Crippen LogP contribution is 2.26. The highest BCUT2D eigenvalue weighted by molar-refractivity contribution is 5.95. The van der Waals surface area contributed by atoms with Crippen molar-refractivity contribution in [1.29, 1.82) is 0 Å². The van der Waals surface area contributed by atoms with E-state index in [1.807, 2.05) is 42.8 Å². The number of carbonyl (C=O) groups is 1. The summed E-state index contributed by atoms with van der Waals surface area (Å²) in [5, 5.41) is 3.85. The van der Waals surface area contributed by atoms with E-state index in [-0.39, 0.29) is 12.5 Å². The fourth-order valence-corrected chi connectivity index (χ4v) is 2.54. The second-order valence-corrected chi connectivity index (χ2v) is 5.43. The van der Waals surface area contributed by atoms with Gasteiger partial charge in [-0.05, 0) is 30.7 Å². The number of carbonyl (C=O) groups excluding carboxylic acids is 1. The van der Waals surface area contributed by atoms with Crippen LogP contribution in [0.5, 0.6) is 0 Å². The third kappa shape index (κ3) is 3.07. The Labute approximate surface area is 134 Å². The van der Waals surface area contributed by atoms with Gasteiger partial charge in [0.15, 0.2) is 0 Å². The Morgan fingerprint density at radius 1 is 1.35 bits per heavy atom. The molecule has 6 heteroatoms. The number of hydrogen-bond donors (Lipinski definition) is 1. The van der Waals surface area contributed by atoms with Crippen LogP contribution in [-0.4, -0.2) is 34.2 Å². The first-order valence-corrected chi connectivity index (χ1v) is 7.25. The summed E-state index contributed by atoms with van der Waals surface area (Å²) in [5.74, 6) is -0.189. The van der Waals surface area contributed by atoms with Crippen molar-refractivity contribution in [1.82, 2.24) is 14.5 Å². The molecule has 2 heterocycles. The zero-order chi connectivity index (χ0) is 16.4. The lowest BCUT2D eigenvalue weighted by Gasteiger charge is -2.09. The first kappa shape index (κ1) is 15.2. The number of anilines is 1. The van der Waals surface area contributed by atoms with Gasteiger partial charge in [-0.15, -0.1) is 0 Å². The molecule has 0 spiro atoms. The minimum Gasteiger partial charge on any atom is -0.375 e. The maximum atomic E-state index is 11.6. The van der Waals surface area contributed by atoms with Crippen LogP contribution in [0.25, 0.3) is 22.3 Å². The number of aromatic nitrogens is 3. The van der Waals surface area contributed by atoms with Gasteiger partial charge in [0.05, 0.1) is 29.4 Å². The Kier molecular flexibility index (Phi) is 4.08. The van der Waals surface area contributed by atoms with Gasteiger partial charge in [-0.2, -0.15) is 0 Å². The molecule has 0 saturated heterocycles. The standard InChI is InChI=1S/C17H18N4O2/c1-11-6-15(16-8-18-10-21(16)2)20-14-7-12(4-5-13(11)14)19-17(22)9-23-3/h4-8,10H,9H2,1-3H3,(H,19,22). The van der Waals surface area contributed by atoms with E-state index in [9.17, 15) is 4.79 Å². The molecule has 0 bridgehead atoms. The van der Waals surface area contributed by atoms with Gasteiger partial charge in [0.2, 0.25) is 5.91 Å². The lowest BCUT2D eigenvalue weighted by Crippen LogP contribution is -2.17. The van der Waals surface area contributed by atoms with E-state index in [1.165, 1.54) is 7.11 Å². The fourth-order valence-electron chi connectivity index (χ4n) is 2.54. The number of nitrogens with zero attached hydrogens (tertiary/aromatic N) is 3. The predicted molar refractivity (Wildman–Crippen MR) is 89.2 cm³/mol. The highest BCUT2D eigenvalue weighted by atomic mass is 16.5. The summed E-state index contributed by atoms with van der Waals surface area (Å²) in [6.07, 6.45) is 3.54. The molecular weight excluding hydrogens is 292 g/mol. The second kappa shape index (κ2) is 6.18. The quantitative estimate of drug-likeness (QED) is 0.804. The molecule has 0 aliphatic carbocycles. The maximum Gasteiger partial charge on any atom is 0.250 e. The number of ether oxygens (including phenoxy) is 1. The molecule has 118 valence electrons. The lowest BCUT2D eigenvalue weighted by molar-refractivity contribution is -0.119. The number of imidazole rings is 1.